The first-order valence-corrected chi connectivity index (χ1v) is 12.4. The SMILES string of the molecule is Cc1cccc(-c2sc(C)nc2C(=O)N2CC3CC3C2CNC(=O)c2cccc(C)c2Cl)c1. The minimum atomic E-state index is -0.204. The van der Waals surface area contributed by atoms with E-state index in [-0.39, 0.29) is 17.9 Å². The predicted molar refractivity (Wildman–Crippen MR) is 132 cm³/mol. The van der Waals surface area contributed by atoms with Gasteiger partial charge in [-0.25, -0.2) is 4.98 Å². The Morgan fingerprint density at radius 2 is 1.97 bits per heavy atom. The lowest BCUT2D eigenvalue weighted by Gasteiger charge is -2.27. The van der Waals surface area contributed by atoms with Crippen molar-refractivity contribution in [2.45, 2.75) is 33.2 Å². The number of thiazole rings is 1. The first kappa shape index (κ1) is 22.1. The van der Waals surface area contributed by atoms with E-state index >= 15 is 0 Å². The molecule has 1 aromatic heterocycles. The van der Waals surface area contributed by atoms with E-state index in [9.17, 15) is 9.59 Å². The number of benzene rings is 2. The van der Waals surface area contributed by atoms with Gasteiger partial charge in [0.05, 0.1) is 26.5 Å². The van der Waals surface area contributed by atoms with Gasteiger partial charge in [0, 0.05) is 13.1 Å². The van der Waals surface area contributed by atoms with Crippen molar-refractivity contribution in [2.24, 2.45) is 11.8 Å². The van der Waals surface area contributed by atoms with Crippen LogP contribution in [0.4, 0.5) is 0 Å². The fraction of sp³-hybridized carbons (Fsp3) is 0.346. The van der Waals surface area contributed by atoms with Gasteiger partial charge in [0.25, 0.3) is 11.8 Å². The van der Waals surface area contributed by atoms with Crippen LogP contribution in [0.3, 0.4) is 0 Å². The average Bonchev–Trinajstić information content (AvgIpc) is 3.30. The van der Waals surface area contributed by atoms with Gasteiger partial charge in [0.2, 0.25) is 0 Å². The fourth-order valence-corrected chi connectivity index (χ4v) is 5.99. The molecule has 3 atom stereocenters. The van der Waals surface area contributed by atoms with E-state index in [4.69, 9.17) is 11.6 Å². The molecule has 5 rings (SSSR count). The highest BCUT2D eigenvalue weighted by Gasteiger charge is 2.54. The van der Waals surface area contributed by atoms with Gasteiger partial charge in [-0.3, -0.25) is 9.59 Å². The molecule has 5 nitrogen and oxygen atoms in total. The van der Waals surface area contributed by atoms with E-state index in [0.717, 1.165) is 39.5 Å². The Labute approximate surface area is 202 Å². The van der Waals surface area contributed by atoms with Crippen LogP contribution in [0.2, 0.25) is 5.02 Å². The number of aromatic nitrogens is 1. The summed E-state index contributed by atoms with van der Waals surface area (Å²) in [5.74, 6) is 0.700. The molecule has 1 saturated carbocycles. The molecule has 3 unspecified atom stereocenters. The minimum Gasteiger partial charge on any atom is -0.350 e. The Balaban J connectivity index is 1.36. The molecular formula is C26H26ClN3O2S. The van der Waals surface area contributed by atoms with Gasteiger partial charge in [-0.15, -0.1) is 11.3 Å². The first-order valence-electron chi connectivity index (χ1n) is 11.2. The summed E-state index contributed by atoms with van der Waals surface area (Å²) in [5.41, 5.74) is 4.02. The van der Waals surface area contributed by atoms with E-state index in [2.05, 4.69) is 16.4 Å². The summed E-state index contributed by atoms with van der Waals surface area (Å²) < 4.78 is 0. The van der Waals surface area contributed by atoms with Gasteiger partial charge >= 0.3 is 0 Å². The Bertz CT molecular complexity index is 1250. The summed E-state index contributed by atoms with van der Waals surface area (Å²) in [7, 11) is 0. The van der Waals surface area contributed by atoms with Crippen molar-refractivity contribution in [3.63, 3.8) is 0 Å². The summed E-state index contributed by atoms with van der Waals surface area (Å²) in [4.78, 5) is 33.9. The molecule has 0 bridgehead atoms. The lowest BCUT2D eigenvalue weighted by atomic mass is 10.1. The zero-order valence-corrected chi connectivity index (χ0v) is 20.5. The number of nitrogens with one attached hydrogen (secondary N) is 1. The highest BCUT2D eigenvalue weighted by atomic mass is 35.5. The molecule has 1 saturated heterocycles. The third-order valence-electron chi connectivity index (χ3n) is 6.69. The van der Waals surface area contributed by atoms with E-state index in [1.807, 2.05) is 56.0 Å². The van der Waals surface area contributed by atoms with Gasteiger partial charge in [-0.05, 0) is 56.2 Å². The van der Waals surface area contributed by atoms with Gasteiger partial charge in [0.1, 0.15) is 5.69 Å². The second kappa shape index (κ2) is 8.58. The average molecular weight is 480 g/mol. The van der Waals surface area contributed by atoms with Crippen LogP contribution in [0, 0.1) is 32.6 Å². The number of piperidine rings is 1. The number of amides is 2. The number of hydrogen-bond acceptors (Lipinski definition) is 4. The molecule has 170 valence electrons. The minimum absolute atomic E-state index is 0.0256. The van der Waals surface area contributed by atoms with Crippen LogP contribution in [-0.2, 0) is 0 Å². The summed E-state index contributed by atoms with van der Waals surface area (Å²) >= 11 is 7.89. The van der Waals surface area contributed by atoms with Gasteiger partial charge < -0.3 is 10.2 Å². The summed E-state index contributed by atoms with van der Waals surface area (Å²) in [6, 6.07) is 13.6. The van der Waals surface area contributed by atoms with E-state index < -0.39 is 0 Å². The number of carbonyl (C=O) groups is 2. The molecule has 1 aliphatic heterocycles. The van der Waals surface area contributed by atoms with Gasteiger partial charge in [-0.2, -0.15) is 0 Å². The number of fused-ring (bicyclic) bond motifs is 1. The smallest absolute Gasteiger partial charge is 0.274 e. The van der Waals surface area contributed by atoms with E-state index in [1.165, 1.54) is 0 Å². The van der Waals surface area contributed by atoms with Crippen molar-refractivity contribution in [1.29, 1.82) is 0 Å². The number of likely N-dealkylation sites (tertiary alicyclic amines) is 1. The molecule has 1 aliphatic carbocycles. The third kappa shape index (κ3) is 4.18. The van der Waals surface area contributed by atoms with Crippen molar-refractivity contribution in [3.8, 4) is 10.4 Å². The molecule has 2 amide bonds. The van der Waals surface area contributed by atoms with Crippen molar-refractivity contribution in [2.75, 3.05) is 13.1 Å². The van der Waals surface area contributed by atoms with E-state index in [0.29, 0.717) is 34.7 Å². The molecule has 0 radical (unpaired) electrons. The molecule has 7 heteroatoms. The predicted octanol–water partition coefficient (Wildman–Crippen LogP) is 5.28. The second-order valence-electron chi connectivity index (χ2n) is 9.11. The zero-order valence-electron chi connectivity index (χ0n) is 18.9. The number of aryl methyl sites for hydroxylation is 3. The normalized spacial score (nSPS) is 21.1. The van der Waals surface area contributed by atoms with Crippen molar-refractivity contribution in [1.82, 2.24) is 15.2 Å². The lowest BCUT2D eigenvalue weighted by Crippen LogP contribution is -2.45. The number of hydrogen-bond donors (Lipinski definition) is 1. The van der Waals surface area contributed by atoms with Crippen molar-refractivity contribution < 1.29 is 9.59 Å². The largest absolute Gasteiger partial charge is 0.350 e. The highest BCUT2D eigenvalue weighted by molar-refractivity contribution is 7.15. The summed E-state index contributed by atoms with van der Waals surface area (Å²) in [5, 5.41) is 4.37. The quantitative estimate of drug-likeness (QED) is 0.541. The fourth-order valence-electron chi connectivity index (χ4n) is 4.87. The Kier molecular flexibility index (Phi) is 5.75. The van der Waals surface area contributed by atoms with Crippen LogP contribution < -0.4 is 5.32 Å². The number of halogens is 1. The number of carbonyl (C=O) groups excluding carboxylic acids is 2. The standard InChI is InChI=1S/C26H26ClN3O2S/c1-14-6-4-8-17(10-14)24-23(29-16(3)33-24)26(32)30-13-18-11-20(18)21(30)12-28-25(31)19-9-5-7-15(2)22(19)27/h4-10,18,20-21H,11-13H2,1-3H3,(H,28,31). The Morgan fingerprint density at radius 3 is 2.76 bits per heavy atom. The van der Waals surface area contributed by atoms with Gasteiger partial charge in [0.15, 0.2) is 0 Å². The molecule has 2 aliphatic rings. The number of nitrogens with zero attached hydrogens (tertiary/aromatic N) is 2. The first-order chi connectivity index (χ1) is 15.8. The van der Waals surface area contributed by atoms with Crippen molar-refractivity contribution >= 4 is 34.8 Å². The maximum Gasteiger partial charge on any atom is 0.274 e. The van der Waals surface area contributed by atoms with Crippen LogP contribution in [0.15, 0.2) is 42.5 Å². The van der Waals surface area contributed by atoms with Crippen LogP contribution in [0.1, 0.15) is 43.4 Å². The van der Waals surface area contributed by atoms with Crippen LogP contribution in [-0.4, -0.2) is 40.8 Å². The Hall–Kier alpha value is -2.70. The monoisotopic (exact) mass is 479 g/mol. The summed E-state index contributed by atoms with van der Waals surface area (Å²) in [6.07, 6.45) is 1.11. The Morgan fingerprint density at radius 1 is 1.18 bits per heavy atom. The van der Waals surface area contributed by atoms with Gasteiger partial charge in [-0.1, -0.05) is 53.6 Å². The molecule has 3 aromatic rings. The molecule has 33 heavy (non-hydrogen) atoms. The highest BCUT2D eigenvalue weighted by Crippen LogP contribution is 2.50. The maximum absolute atomic E-state index is 13.7. The van der Waals surface area contributed by atoms with Crippen LogP contribution >= 0.6 is 22.9 Å². The second-order valence-corrected chi connectivity index (χ2v) is 10.7. The maximum atomic E-state index is 13.7. The zero-order chi connectivity index (χ0) is 23.3. The topological polar surface area (TPSA) is 62.3 Å². The molecule has 2 aromatic carbocycles. The van der Waals surface area contributed by atoms with Crippen LogP contribution in [0.5, 0.6) is 0 Å². The molecular weight excluding hydrogens is 454 g/mol. The van der Waals surface area contributed by atoms with E-state index in [1.54, 1.807) is 17.4 Å². The molecule has 2 fully saturated rings. The lowest BCUT2D eigenvalue weighted by molar-refractivity contribution is 0.0690. The summed E-state index contributed by atoms with van der Waals surface area (Å²) in [6.45, 7) is 7.00. The third-order valence-corrected chi connectivity index (χ3v) is 8.21. The molecule has 2 heterocycles. The van der Waals surface area contributed by atoms with Crippen LogP contribution in [0.25, 0.3) is 10.4 Å². The van der Waals surface area contributed by atoms with Crippen molar-refractivity contribution in [3.05, 3.63) is 74.9 Å². The molecule has 0 spiro atoms. The molecule has 1 N–H and O–H groups in total. The number of rotatable bonds is 5.